The molecule has 180 valence electrons. The van der Waals surface area contributed by atoms with Crippen molar-refractivity contribution in [2.45, 2.75) is 18.9 Å². The van der Waals surface area contributed by atoms with Gasteiger partial charge in [-0.2, -0.15) is 0 Å². The molecule has 2 aliphatic rings. The smallest absolute Gasteiger partial charge is 0.222 e. The van der Waals surface area contributed by atoms with Crippen LogP contribution in [0.1, 0.15) is 12.8 Å². The molecular formula is C24H28N4O6. The van der Waals surface area contributed by atoms with Gasteiger partial charge in [-0.25, -0.2) is 9.97 Å². The highest BCUT2D eigenvalue weighted by Gasteiger charge is 2.27. The lowest BCUT2D eigenvalue weighted by Crippen LogP contribution is -2.37. The first-order valence-electron chi connectivity index (χ1n) is 11.1. The van der Waals surface area contributed by atoms with E-state index >= 15 is 0 Å². The number of hydrogen-bond acceptors (Lipinski definition) is 10. The predicted octanol–water partition coefficient (Wildman–Crippen LogP) is 2.11. The summed E-state index contributed by atoms with van der Waals surface area (Å²) >= 11 is 0. The number of piperidine rings is 1. The SMILES string of the molecule is COCCOc1cc2ncnc(NC3=CC(=O)C(OC4CCCN(C)C4)=CC3=O)c2cc1OC. The number of fused-ring (bicyclic) bond motifs is 1. The second-order valence-corrected chi connectivity index (χ2v) is 8.15. The zero-order valence-electron chi connectivity index (χ0n) is 19.5. The van der Waals surface area contributed by atoms with Crippen molar-refractivity contribution < 1.29 is 28.5 Å². The summed E-state index contributed by atoms with van der Waals surface area (Å²) in [7, 11) is 5.13. The van der Waals surface area contributed by atoms with Gasteiger partial charge < -0.3 is 29.2 Å². The molecule has 1 aromatic carbocycles. The van der Waals surface area contributed by atoms with Crippen LogP contribution in [0.25, 0.3) is 10.9 Å². The molecular weight excluding hydrogens is 440 g/mol. The van der Waals surface area contributed by atoms with Gasteiger partial charge in [0.2, 0.25) is 11.6 Å². The quantitative estimate of drug-likeness (QED) is 0.434. The predicted molar refractivity (Wildman–Crippen MR) is 125 cm³/mol. The maximum absolute atomic E-state index is 12.8. The highest BCUT2D eigenvalue weighted by atomic mass is 16.5. The summed E-state index contributed by atoms with van der Waals surface area (Å²) in [6, 6.07) is 3.45. The Labute approximate surface area is 197 Å². The third-order valence-corrected chi connectivity index (χ3v) is 5.64. The number of carbonyl (C=O) groups is 2. The van der Waals surface area contributed by atoms with E-state index in [0.29, 0.717) is 41.4 Å². The van der Waals surface area contributed by atoms with E-state index in [1.807, 2.05) is 7.05 Å². The number of nitrogens with one attached hydrogen (secondary N) is 1. The number of likely N-dealkylation sites (N-methyl/N-ethyl adjacent to an activating group) is 1. The molecule has 0 radical (unpaired) electrons. The van der Waals surface area contributed by atoms with Crippen molar-refractivity contribution in [3.8, 4) is 11.5 Å². The standard InChI is InChI=1S/C24H28N4O6/c1-28-6-4-5-15(13-28)34-21-12-19(29)18(10-20(21)30)27-24-16-9-22(32-3)23(33-8-7-31-2)11-17(16)25-14-26-24/h9-12,14-15H,4-8,13H2,1-3H3,(H,25,26,27). The molecule has 1 unspecified atom stereocenters. The fourth-order valence-corrected chi connectivity index (χ4v) is 3.92. The fraction of sp³-hybridized carbons (Fsp3) is 0.417. The molecule has 1 atom stereocenters. The second-order valence-electron chi connectivity index (χ2n) is 8.15. The molecule has 4 rings (SSSR count). The third kappa shape index (κ3) is 5.35. The van der Waals surface area contributed by atoms with E-state index in [1.165, 1.54) is 25.6 Å². The number of anilines is 1. The number of benzene rings is 1. The van der Waals surface area contributed by atoms with Crippen LogP contribution in [0, 0.1) is 0 Å². The monoisotopic (exact) mass is 468 g/mol. The minimum Gasteiger partial charge on any atom is -0.493 e. The van der Waals surface area contributed by atoms with Crippen LogP contribution in [0.15, 0.2) is 42.1 Å². The Morgan fingerprint density at radius 1 is 1.09 bits per heavy atom. The number of nitrogens with zero attached hydrogens (tertiary/aromatic N) is 3. The molecule has 2 aromatic rings. The Morgan fingerprint density at radius 3 is 2.71 bits per heavy atom. The largest absolute Gasteiger partial charge is 0.493 e. The van der Waals surface area contributed by atoms with Crippen molar-refractivity contribution in [3.05, 3.63) is 42.1 Å². The lowest BCUT2D eigenvalue weighted by atomic mass is 10.1. The lowest BCUT2D eigenvalue weighted by molar-refractivity contribution is -0.119. The van der Waals surface area contributed by atoms with E-state index in [1.54, 1.807) is 19.2 Å². The maximum atomic E-state index is 12.8. The van der Waals surface area contributed by atoms with E-state index in [9.17, 15) is 9.59 Å². The Kier molecular flexibility index (Phi) is 7.39. The topological polar surface area (TPSA) is 112 Å². The lowest BCUT2D eigenvalue weighted by Gasteiger charge is -2.30. The van der Waals surface area contributed by atoms with Gasteiger partial charge in [0.25, 0.3) is 0 Å². The number of hydrogen-bond donors (Lipinski definition) is 1. The molecule has 34 heavy (non-hydrogen) atoms. The Balaban J connectivity index is 1.53. The summed E-state index contributed by atoms with van der Waals surface area (Å²) in [6.45, 7) is 2.50. The first-order chi connectivity index (χ1) is 16.5. The summed E-state index contributed by atoms with van der Waals surface area (Å²) in [5.41, 5.74) is 0.694. The number of ketones is 2. The summed E-state index contributed by atoms with van der Waals surface area (Å²) in [6.07, 6.45) is 5.59. The van der Waals surface area contributed by atoms with Crippen molar-refractivity contribution >= 4 is 28.3 Å². The van der Waals surface area contributed by atoms with Gasteiger partial charge in [0.1, 0.15) is 24.9 Å². The van der Waals surface area contributed by atoms with Gasteiger partial charge in [-0.1, -0.05) is 0 Å². The van der Waals surface area contributed by atoms with Gasteiger partial charge in [0, 0.05) is 37.3 Å². The van der Waals surface area contributed by atoms with Gasteiger partial charge in [0.15, 0.2) is 17.3 Å². The van der Waals surface area contributed by atoms with Crippen molar-refractivity contribution in [3.63, 3.8) is 0 Å². The molecule has 0 spiro atoms. The first kappa shape index (κ1) is 23.7. The number of likely N-dealkylation sites (tertiary alicyclic amines) is 1. The van der Waals surface area contributed by atoms with E-state index in [2.05, 4.69) is 20.2 Å². The minimum atomic E-state index is -0.364. The molecule has 1 aliphatic carbocycles. The summed E-state index contributed by atoms with van der Waals surface area (Å²) in [5.74, 6) is 0.707. The average molecular weight is 469 g/mol. The number of carbonyl (C=O) groups excluding carboxylic acids is 2. The van der Waals surface area contributed by atoms with Gasteiger partial charge in [-0.15, -0.1) is 0 Å². The van der Waals surface area contributed by atoms with Crippen LogP contribution in [-0.4, -0.2) is 80.1 Å². The van der Waals surface area contributed by atoms with E-state index in [-0.39, 0.29) is 29.1 Å². The normalized spacial score (nSPS) is 19.0. The summed E-state index contributed by atoms with van der Waals surface area (Å²) in [4.78, 5) is 36.1. The van der Waals surface area contributed by atoms with Crippen molar-refractivity contribution in [2.24, 2.45) is 0 Å². The van der Waals surface area contributed by atoms with Crippen LogP contribution in [-0.2, 0) is 19.1 Å². The molecule has 0 amide bonds. The molecule has 0 bridgehead atoms. The maximum Gasteiger partial charge on any atom is 0.222 e. The van der Waals surface area contributed by atoms with E-state index in [0.717, 1.165) is 25.9 Å². The van der Waals surface area contributed by atoms with Crippen LogP contribution >= 0.6 is 0 Å². The molecule has 1 fully saturated rings. The van der Waals surface area contributed by atoms with Gasteiger partial charge >= 0.3 is 0 Å². The number of methoxy groups -OCH3 is 2. The van der Waals surface area contributed by atoms with Crippen LogP contribution in [0.4, 0.5) is 5.82 Å². The molecule has 10 heteroatoms. The number of allylic oxidation sites excluding steroid dienone is 2. The van der Waals surface area contributed by atoms with Gasteiger partial charge in [0.05, 0.1) is 24.9 Å². The highest BCUT2D eigenvalue weighted by molar-refractivity contribution is 6.20. The Bertz CT molecular complexity index is 1150. The third-order valence-electron chi connectivity index (χ3n) is 5.64. The van der Waals surface area contributed by atoms with Crippen LogP contribution in [0.5, 0.6) is 11.5 Å². The number of rotatable bonds is 9. The van der Waals surface area contributed by atoms with Crippen molar-refractivity contribution in [2.75, 3.05) is 52.9 Å². The minimum absolute atomic E-state index is 0.0721. The average Bonchev–Trinajstić information content (AvgIpc) is 2.82. The molecule has 2 heterocycles. The molecule has 1 aliphatic heterocycles. The number of aromatic nitrogens is 2. The zero-order chi connectivity index (χ0) is 24.1. The molecule has 1 saturated heterocycles. The molecule has 10 nitrogen and oxygen atoms in total. The zero-order valence-corrected chi connectivity index (χ0v) is 19.5. The summed E-state index contributed by atoms with van der Waals surface area (Å²) < 4.78 is 22.0. The molecule has 0 saturated carbocycles. The van der Waals surface area contributed by atoms with Crippen LogP contribution < -0.4 is 14.8 Å². The molecule has 1 N–H and O–H groups in total. The number of ether oxygens (including phenoxy) is 4. The summed E-state index contributed by atoms with van der Waals surface area (Å²) in [5, 5.41) is 3.58. The fourth-order valence-electron chi connectivity index (χ4n) is 3.92. The van der Waals surface area contributed by atoms with E-state index < -0.39 is 0 Å². The van der Waals surface area contributed by atoms with Crippen LogP contribution in [0.3, 0.4) is 0 Å². The highest BCUT2D eigenvalue weighted by Crippen LogP contribution is 2.34. The van der Waals surface area contributed by atoms with Crippen LogP contribution in [0.2, 0.25) is 0 Å². The Hall–Kier alpha value is -3.50. The Morgan fingerprint density at radius 2 is 1.94 bits per heavy atom. The van der Waals surface area contributed by atoms with Gasteiger partial charge in [-0.3, -0.25) is 9.59 Å². The molecule has 1 aromatic heterocycles. The second kappa shape index (κ2) is 10.6. The van der Waals surface area contributed by atoms with Gasteiger partial charge in [-0.05, 0) is 32.5 Å². The van der Waals surface area contributed by atoms with Crippen molar-refractivity contribution in [1.29, 1.82) is 0 Å². The first-order valence-corrected chi connectivity index (χ1v) is 11.1. The van der Waals surface area contributed by atoms with Crippen molar-refractivity contribution in [1.82, 2.24) is 14.9 Å². The van der Waals surface area contributed by atoms with E-state index in [4.69, 9.17) is 18.9 Å².